The van der Waals surface area contributed by atoms with Gasteiger partial charge in [0, 0.05) is 19.6 Å². The molecular weight excluding hydrogens is 308 g/mol. The molecule has 0 spiro atoms. The molecule has 0 radical (unpaired) electrons. The summed E-state index contributed by atoms with van der Waals surface area (Å²) in [4.78, 5) is 16.2. The summed E-state index contributed by atoms with van der Waals surface area (Å²) in [6, 6.07) is 3.92. The predicted molar refractivity (Wildman–Crippen MR) is 84.5 cm³/mol. The summed E-state index contributed by atoms with van der Waals surface area (Å²) in [5, 5.41) is 2.97. The minimum atomic E-state index is -2.86. The molecule has 7 heteroatoms. The van der Waals surface area contributed by atoms with Crippen molar-refractivity contribution < 1.29 is 13.2 Å². The van der Waals surface area contributed by atoms with Crippen LogP contribution in [-0.4, -0.2) is 56.9 Å². The van der Waals surface area contributed by atoms with Crippen molar-refractivity contribution in [2.75, 3.05) is 42.6 Å². The highest BCUT2D eigenvalue weighted by molar-refractivity contribution is 7.91. The molecule has 2 fully saturated rings. The molecule has 5 nitrogen and oxygen atoms in total. The van der Waals surface area contributed by atoms with Crippen molar-refractivity contribution in [3.8, 4) is 0 Å². The quantitative estimate of drug-likeness (QED) is 0.837. The minimum Gasteiger partial charge on any atom is -0.301 e. The molecule has 0 saturated carbocycles. The van der Waals surface area contributed by atoms with E-state index in [1.165, 1.54) is 0 Å². The molecule has 21 heavy (non-hydrogen) atoms. The van der Waals surface area contributed by atoms with Crippen LogP contribution in [0.3, 0.4) is 0 Å². The third-order valence-electron chi connectivity index (χ3n) is 4.15. The van der Waals surface area contributed by atoms with Crippen LogP contribution in [0, 0.1) is 5.92 Å². The second kappa shape index (κ2) is 6.06. The number of thiophene rings is 1. The van der Waals surface area contributed by atoms with E-state index in [9.17, 15) is 13.2 Å². The number of rotatable bonds is 3. The Bertz CT molecular complexity index is 598. The molecule has 1 atom stereocenters. The maximum absolute atomic E-state index is 12.2. The van der Waals surface area contributed by atoms with E-state index in [-0.39, 0.29) is 17.6 Å². The summed E-state index contributed by atoms with van der Waals surface area (Å²) < 4.78 is 23.4. The largest absolute Gasteiger partial charge is 0.301 e. The number of sulfone groups is 1. The van der Waals surface area contributed by atoms with Gasteiger partial charge in [-0.05, 0) is 36.3 Å². The number of piperazine rings is 1. The molecule has 2 aliphatic rings. The van der Waals surface area contributed by atoms with Crippen LogP contribution in [0.5, 0.6) is 0 Å². The van der Waals surface area contributed by atoms with Crippen LogP contribution in [0.4, 0.5) is 5.00 Å². The van der Waals surface area contributed by atoms with Gasteiger partial charge in [0.1, 0.15) is 0 Å². The van der Waals surface area contributed by atoms with Crippen molar-refractivity contribution in [2.24, 2.45) is 5.92 Å². The summed E-state index contributed by atoms with van der Waals surface area (Å²) in [5.41, 5.74) is 0. The average molecular weight is 328 g/mol. The molecule has 3 heterocycles. The van der Waals surface area contributed by atoms with E-state index in [4.69, 9.17) is 0 Å². The van der Waals surface area contributed by atoms with Gasteiger partial charge < -0.3 is 4.90 Å². The Hall–Kier alpha value is -0.920. The fraction of sp³-hybridized carbons (Fsp3) is 0.643. The van der Waals surface area contributed by atoms with Crippen LogP contribution >= 0.6 is 11.3 Å². The van der Waals surface area contributed by atoms with Gasteiger partial charge in [0.25, 0.3) is 0 Å². The summed E-state index contributed by atoms with van der Waals surface area (Å²) >= 11 is 1.58. The molecule has 0 aliphatic carbocycles. The van der Waals surface area contributed by atoms with Gasteiger partial charge in [-0.25, -0.2) is 8.42 Å². The van der Waals surface area contributed by atoms with Gasteiger partial charge in [-0.2, -0.15) is 0 Å². The van der Waals surface area contributed by atoms with Crippen LogP contribution in [0.1, 0.15) is 12.8 Å². The second-order valence-electron chi connectivity index (χ2n) is 5.85. The number of amides is 1. The smallest absolute Gasteiger partial charge is 0.241 e. The molecule has 0 N–H and O–H groups in total. The monoisotopic (exact) mass is 328 g/mol. The van der Waals surface area contributed by atoms with Gasteiger partial charge in [-0.3, -0.25) is 9.69 Å². The van der Waals surface area contributed by atoms with Gasteiger partial charge in [0.15, 0.2) is 9.84 Å². The molecule has 2 saturated heterocycles. The number of nitrogens with zero attached hydrogens (tertiary/aromatic N) is 2. The molecule has 3 rings (SSSR count). The van der Waals surface area contributed by atoms with E-state index < -0.39 is 9.84 Å². The van der Waals surface area contributed by atoms with E-state index in [0.717, 1.165) is 30.9 Å². The lowest BCUT2D eigenvalue weighted by Gasteiger charge is -2.36. The highest BCUT2D eigenvalue weighted by atomic mass is 32.2. The fourth-order valence-electron chi connectivity index (χ4n) is 3.16. The standard InChI is InChI=1S/C14H20N2O3S2/c17-13-10-15(5-6-16(13)14-4-1-7-20-14)9-12-3-2-8-21(18,19)11-12/h1,4,7,12H,2-3,5-6,8-11H2/t12-/m0/s1. The molecule has 0 aromatic carbocycles. The number of carbonyl (C=O) groups is 1. The molecule has 2 aliphatic heterocycles. The molecule has 0 bridgehead atoms. The Morgan fingerprint density at radius 2 is 2.19 bits per heavy atom. The van der Waals surface area contributed by atoms with Gasteiger partial charge in [0.2, 0.25) is 5.91 Å². The SMILES string of the molecule is O=C1CN(C[C@@H]2CCCS(=O)(=O)C2)CCN1c1cccs1. The highest BCUT2D eigenvalue weighted by Crippen LogP contribution is 2.24. The summed E-state index contributed by atoms with van der Waals surface area (Å²) in [5.74, 6) is 0.910. The molecule has 1 amide bonds. The first-order valence-corrected chi connectivity index (χ1v) is 10.0. The van der Waals surface area contributed by atoms with Crippen LogP contribution < -0.4 is 4.90 Å². The Balaban J connectivity index is 1.56. The molecule has 1 aromatic heterocycles. The third-order valence-corrected chi connectivity index (χ3v) is 6.93. The van der Waals surface area contributed by atoms with Gasteiger partial charge in [-0.1, -0.05) is 0 Å². The first-order chi connectivity index (χ1) is 10.0. The van der Waals surface area contributed by atoms with Crippen LogP contribution in [-0.2, 0) is 14.6 Å². The zero-order valence-electron chi connectivity index (χ0n) is 11.9. The van der Waals surface area contributed by atoms with Crippen molar-refractivity contribution in [3.05, 3.63) is 17.5 Å². The predicted octanol–water partition coefficient (Wildman–Crippen LogP) is 1.22. The number of hydrogen-bond acceptors (Lipinski definition) is 5. The normalized spacial score (nSPS) is 27.0. The van der Waals surface area contributed by atoms with E-state index >= 15 is 0 Å². The lowest BCUT2D eigenvalue weighted by Crippen LogP contribution is -2.52. The van der Waals surface area contributed by atoms with E-state index in [2.05, 4.69) is 4.90 Å². The van der Waals surface area contributed by atoms with Crippen LogP contribution in [0.2, 0.25) is 0 Å². The average Bonchev–Trinajstić information content (AvgIpc) is 2.91. The van der Waals surface area contributed by atoms with Crippen molar-refractivity contribution in [3.63, 3.8) is 0 Å². The van der Waals surface area contributed by atoms with E-state index in [1.807, 2.05) is 22.4 Å². The van der Waals surface area contributed by atoms with Crippen molar-refractivity contribution >= 4 is 32.1 Å². The van der Waals surface area contributed by atoms with Gasteiger partial charge >= 0.3 is 0 Å². The van der Waals surface area contributed by atoms with Crippen LogP contribution in [0.15, 0.2) is 17.5 Å². The lowest BCUT2D eigenvalue weighted by atomic mass is 10.0. The second-order valence-corrected chi connectivity index (χ2v) is 9.01. The fourth-order valence-corrected chi connectivity index (χ4v) is 5.70. The van der Waals surface area contributed by atoms with E-state index in [1.54, 1.807) is 11.3 Å². The summed E-state index contributed by atoms with van der Waals surface area (Å²) in [6.07, 6.45) is 1.72. The van der Waals surface area contributed by atoms with Crippen molar-refractivity contribution in [1.29, 1.82) is 0 Å². The maximum Gasteiger partial charge on any atom is 0.241 e. The summed E-state index contributed by atoms with van der Waals surface area (Å²) in [7, 11) is -2.86. The Labute approximate surface area is 129 Å². The molecule has 116 valence electrons. The van der Waals surface area contributed by atoms with Gasteiger partial charge in [0.05, 0.1) is 23.1 Å². The van der Waals surface area contributed by atoms with Crippen LogP contribution in [0.25, 0.3) is 0 Å². The highest BCUT2D eigenvalue weighted by Gasteiger charge is 2.30. The molecule has 0 unspecified atom stereocenters. The maximum atomic E-state index is 12.2. The Morgan fingerprint density at radius 3 is 2.86 bits per heavy atom. The van der Waals surface area contributed by atoms with E-state index in [0.29, 0.717) is 18.8 Å². The summed E-state index contributed by atoms with van der Waals surface area (Å²) in [6.45, 7) is 2.64. The molecular formula is C14H20N2O3S2. The third kappa shape index (κ3) is 3.64. The topological polar surface area (TPSA) is 57.7 Å². The zero-order valence-corrected chi connectivity index (χ0v) is 13.5. The Morgan fingerprint density at radius 1 is 1.33 bits per heavy atom. The van der Waals surface area contributed by atoms with Gasteiger partial charge in [-0.15, -0.1) is 11.3 Å². The lowest BCUT2D eigenvalue weighted by molar-refractivity contribution is -0.121. The molecule has 1 aromatic rings. The number of hydrogen-bond donors (Lipinski definition) is 0. The minimum absolute atomic E-state index is 0.113. The first-order valence-electron chi connectivity index (χ1n) is 7.30. The first kappa shape index (κ1) is 15.0. The van der Waals surface area contributed by atoms with Crippen molar-refractivity contribution in [2.45, 2.75) is 12.8 Å². The number of carbonyl (C=O) groups excluding carboxylic acids is 1. The van der Waals surface area contributed by atoms with Crippen molar-refractivity contribution in [1.82, 2.24) is 4.90 Å². The Kier molecular flexibility index (Phi) is 4.33. The number of anilines is 1. The zero-order chi connectivity index (χ0) is 14.9.